The van der Waals surface area contributed by atoms with Crippen molar-refractivity contribution in [1.82, 2.24) is 0 Å². The summed E-state index contributed by atoms with van der Waals surface area (Å²) in [6.07, 6.45) is 5.91. The summed E-state index contributed by atoms with van der Waals surface area (Å²) < 4.78 is 0. The highest BCUT2D eigenvalue weighted by molar-refractivity contribution is 5.53. The minimum atomic E-state index is 0.417. The highest BCUT2D eigenvalue weighted by Gasteiger charge is 2.13. The summed E-state index contributed by atoms with van der Waals surface area (Å²) >= 11 is 0. The molecule has 1 saturated carbocycles. The number of hydrogen-bond acceptors (Lipinski definition) is 1. The summed E-state index contributed by atoms with van der Waals surface area (Å²) in [5.41, 5.74) is 0.500. The van der Waals surface area contributed by atoms with Gasteiger partial charge in [-0.15, -0.1) is 0 Å². The first kappa shape index (κ1) is 13.7. The molecule has 0 aromatic carbocycles. The van der Waals surface area contributed by atoms with E-state index in [1.807, 2.05) is 0 Å². The summed E-state index contributed by atoms with van der Waals surface area (Å²) in [5.74, 6) is 1.22. The molecule has 0 spiro atoms. The van der Waals surface area contributed by atoms with Crippen LogP contribution in [0.25, 0.3) is 0 Å². The van der Waals surface area contributed by atoms with Crippen molar-refractivity contribution in [2.75, 3.05) is 0 Å². The standard InChI is InChI=1S/C7H16.C6H10O/c1-6(2)7(3,4)5;7-5-6-3-1-2-4-6/h6H,1-5H3;5-6H,1-4H2. The molecule has 14 heavy (non-hydrogen) atoms. The third kappa shape index (κ3) is 6.17. The molecule has 0 atom stereocenters. The van der Waals surface area contributed by atoms with E-state index in [9.17, 15) is 4.79 Å². The Morgan fingerprint density at radius 3 is 1.64 bits per heavy atom. The molecule has 0 N–H and O–H groups in total. The maximum atomic E-state index is 10.0. The zero-order chi connectivity index (χ0) is 11.2. The second kappa shape index (κ2) is 6.21. The van der Waals surface area contributed by atoms with Gasteiger partial charge >= 0.3 is 0 Å². The Morgan fingerprint density at radius 1 is 1.14 bits per heavy atom. The van der Waals surface area contributed by atoms with Crippen LogP contribution in [0.1, 0.15) is 60.3 Å². The molecule has 1 heteroatoms. The lowest BCUT2D eigenvalue weighted by molar-refractivity contribution is -0.110. The molecule has 1 nitrogen and oxygen atoms in total. The minimum Gasteiger partial charge on any atom is -0.303 e. The summed E-state index contributed by atoms with van der Waals surface area (Å²) in [7, 11) is 0. The molecule has 0 saturated heterocycles. The SMILES string of the molecule is CC(C)C(C)(C)C.O=CC1CCCC1. The van der Waals surface area contributed by atoms with Gasteiger partial charge in [-0.05, 0) is 24.2 Å². The molecule has 0 amide bonds. The van der Waals surface area contributed by atoms with Crippen molar-refractivity contribution in [3.63, 3.8) is 0 Å². The smallest absolute Gasteiger partial charge is 0.123 e. The maximum absolute atomic E-state index is 10.0. The van der Waals surface area contributed by atoms with Crippen LogP contribution >= 0.6 is 0 Å². The third-order valence-electron chi connectivity index (χ3n) is 3.32. The molecule has 0 heterocycles. The zero-order valence-corrected chi connectivity index (χ0v) is 10.5. The summed E-state index contributed by atoms with van der Waals surface area (Å²) in [6, 6.07) is 0. The van der Waals surface area contributed by atoms with Crippen LogP contribution in [-0.2, 0) is 4.79 Å². The van der Waals surface area contributed by atoms with Gasteiger partial charge in [0, 0.05) is 5.92 Å². The van der Waals surface area contributed by atoms with Crippen LogP contribution in [0.4, 0.5) is 0 Å². The normalized spacial score (nSPS) is 17.9. The average molecular weight is 198 g/mol. The number of aldehydes is 1. The molecule has 0 unspecified atom stereocenters. The van der Waals surface area contributed by atoms with Gasteiger partial charge in [0.25, 0.3) is 0 Å². The fourth-order valence-corrected chi connectivity index (χ4v) is 1.09. The Labute approximate surface area is 89.3 Å². The van der Waals surface area contributed by atoms with Crippen molar-refractivity contribution in [3.05, 3.63) is 0 Å². The Balaban J connectivity index is 0.000000241. The molecule has 0 aliphatic heterocycles. The van der Waals surface area contributed by atoms with Crippen molar-refractivity contribution in [2.24, 2.45) is 17.3 Å². The molecule has 84 valence electrons. The first-order valence-electron chi connectivity index (χ1n) is 5.83. The Bertz CT molecular complexity index is 147. The first-order chi connectivity index (χ1) is 6.38. The largest absolute Gasteiger partial charge is 0.303 e. The lowest BCUT2D eigenvalue weighted by atomic mass is 9.84. The lowest BCUT2D eigenvalue weighted by Crippen LogP contribution is -2.12. The van der Waals surface area contributed by atoms with E-state index in [-0.39, 0.29) is 0 Å². The fraction of sp³-hybridized carbons (Fsp3) is 0.923. The Hall–Kier alpha value is -0.330. The van der Waals surface area contributed by atoms with Crippen LogP contribution in [0.2, 0.25) is 0 Å². The maximum Gasteiger partial charge on any atom is 0.123 e. The lowest BCUT2D eigenvalue weighted by Gasteiger charge is -2.22. The number of rotatable bonds is 1. The molecule has 1 fully saturated rings. The van der Waals surface area contributed by atoms with Gasteiger partial charge in [0.15, 0.2) is 0 Å². The van der Waals surface area contributed by atoms with Crippen LogP contribution in [0.15, 0.2) is 0 Å². The van der Waals surface area contributed by atoms with Gasteiger partial charge in [0.2, 0.25) is 0 Å². The van der Waals surface area contributed by atoms with Crippen molar-refractivity contribution < 1.29 is 4.79 Å². The second-order valence-corrected chi connectivity index (χ2v) is 5.70. The van der Waals surface area contributed by atoms with E-state index in [1.54, 1.807) is 0 Å². The molecular weight excluding hydrogens is 172 g/mol. The first-order valence-corrected chi connectivity index (χ1v) is 5.83. The molecule has 1 aliphatic carbocycles. The van der Waals surface area contributed by atoms with E-state index >= 15 is 0 Å². The van der Waals surface area contributed by atoms with E-state index < -0.39 is 0 Å². The monoisotopic (exact) mass is 198 g/mol. The van der Waals surface area contributed by atoms with Crippen LogP contribution in [0.5, 0.6) is 0 Å². The third-order valence-corrected chi connectivity index (χ3v) is 3.32. The van der Waals surface area contributed by atoms with E-state index in [0.717, 1.165) is 25.0 Å². The molecule has 0 aromatic rings. The number of carbonyl (C=O) groups is 1. The molecule has 0 bridgehead atoms. The predicted octanol–water partition coefficient (Wildman–Crippen LogP) is 4.06. The van der Waals surface area contributed by atoms with E-state index in [2.05, 4.69) is 34.6 Å². The van der Waals surface area contributed by atoms with Crippen LogP contribution in [0.3, 0.4) is 0 Å². The number of carbonyl (C=O) groups excluding carboxylic acids is 1. The van der Waals surface area contributed by atoms with Crippen molar-refractivity contribution in [1.29, 1.82) is 0 Å². The van der Waals surface area contributed by atoms with Gasteiger partial charge in [-0.1, -0.05) is 47.5 Å². The molecule has 0 aromatic heterocycles. The zero-order valence-electron chi connectivity index (χ0n) is 10.5. The second-order valence-electron chi connectivity index (χ2n) is 5.70. The molecule has 1 aliphatic rings. The fourth-order valence-electron chi connectivity index (χ4n) is 1.09. The van der Waals surface area contributed by atoms with Gasteiger partial charge in [-0.25, -0.2) is 0 Å². The Kier molecular flexibility index (Phi) is 6.06. The Morgan fingerprint density at radius 2 is 1.50 bits per heavy atom. The minimum absolute atomic E-state index is 0.417. The van der Waals surface area contributed by atoms with Crippen LogP contribution in [0, 0.1) is 17.3 Å². The molecular formula is C13H26O. The highest BCUT2D eigenvalue weighted by atomic mass is 16.1. The van der Waals surface area contributed by atoms with Crippen LogP contribution < -0.4 is 0 Å². The quantitative estimate of drug-likeness (QED) is 0.581. The predicted molar refractivity (Wildman–Crippen MR) is 62.3 cm³/mol. The highest BCUT2D eigenvalue weighted by Crippen LogP contribution is 2.23. The van der Waals surface area contributed by atoms with Gasteiger partial charge in [-0.3, -0.25) is 0 Å². The van der Waals surface area contributed by atoms with Crippen LogP contribution in [-0.4, -0.2) is 6.29 Å². The van der Waals surface area contributed by atoms with Gasteiger partial charge < -0.3 is 4.79 Å². The van der Waals surface area contributed by atoms with Gasteiger partial charge in [0.05, 0.1) is 0 Å². The summed E-state index contributed by atoms with van der Waals surface area (Å²) in [6.45, 7) is 11.3. The topological polar surface area (TPSA) is 17.1 Å². The van der Waals surface area contributed by atoms with Gasteiger partial charge in [-0.2, -0.15) is 0 Å². The van der Waals surface area contributed by atoms with Crippen molar-refractivity contribution in [3.8, 4) is 0 Å². The van der Waals surface area contributed by atoms with E-state index in [4.69, 9.17) is 0 Å². The van der Waals surface area contributed by atoms with E-state index in [0.29, 0.717) is 11.3 Å². The van der Waals surface area contributed by atoms with Crippen molar-refractivity contribution >= 4 is 6.29 Å². The average Bonchev–Trinajstić information content (AvgIpc) is 2.54. The molecule has 0 radical (unpaired) electrons. The van der Waals surface area contributed by atoms with E-state index in [1.165, 1.54) is 12.8 Å². The summed E-state index contributed by atoms with van der Waals surface area (Å²) in [4.78, 5) is 10.0. The summed E-state index contributed by atoms with van der Waals surface area (Å²) in [5, 5.41) is 0. The van der Waals surface area contributed by atoms with Crippen molar-refractivity contribution in [2.45, 2.75) is 60.3 Å². The molecule has 1 rings (SSSR count). The number of hydrogen-bond donors (Lipinski definition) is 0. The van der Waals surface area contributed by atoms with Gasteiger partial charge in [0.1, 0.15) is 6.29 Å².